The zero-order valence-corrected chi connectivity index (χ0v) is 15.9. The van der Waals surface area contributed by atoms with Gasteiger partial charge in [0.15, 0.2) is 17.4 Å². The maximum absolute atomic E-state index is 14.4. The molecule has 0 bridgehead atoms. The number of halogens is 2. The van der Waals surface area contributed by atoms with Crippen LogP contribution in [0, 0.1) is 11.6 Å². The molecule has 29 heavy (non-hydrogen) atoms. The van der Waals surface area contributed by atoms with Gasteiger partial charge in [0.1, 0.15) is 12.4 Å². The van der Waals surface area contributed by atoms with Crippen molar-refractivity contribution < 1.29 is 32.6 Å². The Kier molecular flexibility index (Phi) is 8.14. The van der Waals surface area contributed by atoms with Gasteiger partial charge in [0.2, 0.25) is 5.90 Å². The molecule has 0 fully saturated rings. The summed E-state index contributed by atoms with van der Waals surface area (Å²) in [6.07, 6.45) is 4.34. The summed E-state index contributed by atoms with van der Waals surface area (Å²) in [5.74, 6) is -2.73. The SMILES string of the molecule is C=CN=C(OCc1ccco1)/C(=C\C)c1cc(F)c(OCCCC(=O)O)c(F)c1. The number of carboxylic acid groups (broad SMARTS) is 1. The van der Waals surface area contributed by atoms with Crippen LogP contribution in [-0.4, -0.2) is 23.6 Å². The van der Waals surface area contributed by atoms with Gasteiger partial charge in [-0.3, -0.25) is 4.79 Å². The lowest BCUT2D eigenvalue weighted by Gasteiger charge is -2.14. The van der Waals surface area contributed by atoms with E-state index in [2.05, 4.69) is 11.6 Å². The molecule has 0 unspecified atom stereocenters. The second-order valence-electron chi connectivity index (χ2n) is 5.80. The molecule has 6 nitrogen and oxygen atoms in total. The summed E-state index contributed by atoms with van der Waals surface area (Å²) in [5, 5.41) is 8.60. The Morgan fingerprint density at radius 2 is 2.07 bits per heavy atom. The normalized spacial score (nSPS) is 12.0. The second-order valence-corrected chi connectivity index (χ2v) is 5.80. The number of allylic oxidation sites excluding steroid dienone is 1. The third kappa shape index (κ3) is 6.31. The maximum atomic E-state index is 14.4. The molecule has 2 aromatic rings. The summed E-state index contributed by atoms with van der Waals surface area (Å²) in [6, 6.07) is 5.62. The van der Waals surface area contributed by atoms with E-state index >= 15 is 0 Å². The van der Waals surface area contributed by atoms with Crippen molar-refractivity contribution in [1.29, 1.82) is 0 Å². The average molecular weight is 405 g/mol. The maximum Gasteiger partial charge on any atom is 0.303 e. The number of carbonyl (C=O) groups is 1. The molecule has 0 atom stereocenters. The van der Waals surface area contributed by atoms with Gasteiger partial charge in [0, 0.05) is 18.2 Å². The van der Waals surface area contributed by atoms with E-state index in [1.165, 1.54) is 12.5 Å². The lowest BCUT2D eigenvalue weighted by Crippen LogP contribution is -2.09. The molecular formula is C21H21F2NO5. The molecule has 0 aliphatic heterocycles. The number of rotatable bonds is 10. The van der Waals surface area contributed by atoms with Gasteiger partial charge in [-0.05, 0) is 43.2 Å². The number of carboxylic acids is 1. The van der Waals surface area contributed by atoms with E-state index in [0.29, 0.717) is 11.3 Å². The van der Waals surface area contributed by atoms with Crippen LogP contribution in [0.4, 0.5) is 8.78 Å². The van der Waals surface area contributed by atoms with E-state index in [1.54, 1.807) is 25.1 Å². The van der Waals surface area contributed by atoms with Gasteiger partial charge >= 0.3 is 5.97 Å². The fourth-order valence-corrected chi connectivity index (χ4v) is 2.47. The first kappa shape index (κ1) is 21.9. The number of nitrogens with zero attached hydrogens (tertiary/aromatic N) is 1. The Morgan fingerprint density at radius 1 is 1.34 bits per heavy atom. The van der Waals surface area contributed by atoms with E-state index in [-0.39, 0.29) is 37.5 Å². The number of benzene rings is 1. The summed E-state index contributed by atoms with van der Waals surface area (Å²) in [7, 11) is 0. The summed E-state index contributed by atoms with van der Waals surface area (Å²) in [5.41, 5.74) is 0.548. The Balaban J connectivity index is 2.19. The first-order valence-electron chi connectivity index (χ1n) is 8.80. The van der Waals surface area contributed by atoms with Crippen LogP contribution in [0.15, 0.2) is 58.8 Å². The molecule has 1 N–H and O–H groups in total. The van der Waals surface area contributed by atoms with Crippen molar-refractivity contribution in [2.75, 3.05) is 6.61 Å². The Labute approximate surface area is 166 Å². The Hall–Kier alpha value is -3.42. The number of ether oxygens (including phenoxy) is 2. The highest BCUT2D eigenvalue weighted by Crippen LogP contribution is 2.28. The number of aliphatic carboxylic acids is 1. The molecule has 0 aliphatic carbocycles. The highest BCUT2D eigenvalue weighted by molar-refractivity contribution is 6.19. The van der Waals surface area contributed by atoms with Gasteiger partial charge in [-0.15, -0.1) is 0 Å². The van der Waals surface area contributed by atoms with E-state index in [0.717, 1.165) is 12.1 Å². The van der Waals surface area contributed by atoms with Crippen molar-refractivity contribution in [3.05, 3.63) is 72.3 Å². The summed E-state index contributed by atoms with van der Waals surface area (Å²) >= 11 is 0. The molecule has 0 saturated carbocycles. The largest absolute Gasteiger partial charge is 0.488 e. The highest BCUT2D eigenvalue weighted by Gasteiger charge is 2.18. The molecule has 1 aromatic heterocycles. The molecule has 0 saturated heterocycles. The van der Waals surface area contributed by atoms with Crippen LogP contribution in [0.3, 0.4) is 0 Å². The minimum Gasteiger partial charge on any atom is -0.488 e. The lowest BCUT2D eigenvalue weighted by molar-refractivity contribution is -0.137. The molecule has 8 heteroatoms. The molecular weight excluding hydrogens is 384 g/mol. The summed E-state index contributed by atoms with van der Waals surface area (Å²) in [4.78, 5) is 14.5. The molecule has 0 aliphatic rings. The van der Waals surface area contributed by atoms with Gasteiger partial charge in [-0.25, -0.2) is 13.8 Å². The smallest absolute Gasteiger partial charge is 0.303 e. The van der Waals surface area contributed by atoms with Crippen LogP contribution in [-0.2, 0) is 16.1 Å². The molecule has 1 aromatic carbocycles. The minimum atomic E-state index is -1.01. The molecule has 2 rings (SSSR count). The first-order chi connectivity index (χ1) is 14.0. The van der Waals surface area contributed by atoms with Crippen LogP contribution in [0.2, 0.25) is 0 Å². The number of hydrogen-bond acceptors (Lipinski definition) is 5. The van der Waals surface area contributed by atoms with Crippen LogP contribution in [0.5, 0.6) is 5.75 Å². The predicted octanol–water partition coefficient (Wildman–Crippen LogP) is 4.96. The fraction of sp³-hybridized carbons (Fsp3) is 0.238. The van der Waals surface area contributed by atoms with Crippen LogP contribution >= 0.6 is 0 Å². The standard InChI is InChI=1S/C21H21F2NO5/c1-3-16(21(24-4-2)29-13-15-7-5-9-27-15)14-11-17(22)20(18(23)12-14)28-10-6-8-19(25)26/h3-5,7,9,11-12H,2,6,8,10,13H2,1H3,(H,25,26)/b16-3-,24-21?. The monoisotopic (exact) mass is 405 g/mol. The molecule has 1 heterocycles. The fourth-order valence-electron chi connectivity index (χ4n) is 2.47. The Bertz CT molecular complexity index is 881. The van der Waals surface area contributed by atoms with Gasteiger partial charge in [-0.2, -0.15) is 0 Å². The number of aliphatic imine (C=N–C) groups is 1. The van der Waals surface area contributed by atoms with E-state index in [1.807, 2.05) is 0 Å². The van der Waals surface area contributed by atoms with Crippen LogP contribution in [0.25, 0.3) is 5.57 Å². The third-order valence-electron chi connectivity index (χ3n) is 3.75. The topological polar surface area (TPSA) is 81.3 Å². The molecule has 154 valence electrons. The van der Waals surface area contributed by atoms with Crippen molar-refractivity contribution in [2.24, 2.45) is 4.99 Å². The van der Waals surface area contributed by atoms with Gasteiger partial charge in [-0.1, -0.05) is 12.7 Å². The zero-order valence-electron chi connectivity index (χ0n) is 15.9. The summed E-state index contributed by atoms with van der Waals surface area (Å²) in [6.45, 7) is 5.16. The van der Waals surface area contributed by atoms with Crippen molar-refractivity contribution >= 4 is 17.4 Å². The quantitative estimate of drug-likeness (QED) is 0.343. The minimum absolute atomic E-state index is 0.0761. The van der Waals surface area contributed by atoms with E-state index in [9.17, 15) is 13.6 Å². The highest BCUT2D eigenvalue weighted by atomic mass is 19.1. The number of hydrogen-bond donors (Lipinski definition) is 1. The van der Waals surface area contributed by atoms with Gasteiger partial charge in [0.05, 0.1) is 12.9 Å². The molecule has 0 amide bonds. The zero-order chi connectivity index (χ0) is 21.2. The number of furan rings is 1. The van der Waals surface area contributed by atoms with Crippen molar-refractivity contribution in [3.8, 4) is 5.75 Å². The molecule has 0 radical (unpaired) electrons. The second kappa shape index (κ2) is 10.8. The van der Waals surface area contributed by atoms with E-state index in [4.69, 9.17) is 19.0 Å². The van der Waals surface area contributed by atoms with Crippen LogP contribution < -0.4 is 4.74 Å². The van der Waals surface area contributed by atoms with Crippen molar-refractivity contribution in [1.82, 2.24) is 0 Å². The van der Waals surface area contributed by atoms with Gasteiger partial charge < -0.3 is 19.0 Å². The third-order valence-corrected chi connectivity index (χ3v) is 3.75. The van der Waals surface area contributed by atoms with Gasteiger partial charge in [0.25, 0.3) is 0 Å². The predicted molar refractivity (Wildman–Crippen MR) is 104 cm³/mol. The first-order valence-corrected chi connectivity index (χ1v) is 8.80. The lowest BCUT2D eigenvalue weighted by atomic mass is 10.0. The van der Waals surface area contributed by atoms with Crippen molar-refractivity contribution in [2.45, 2.75) is 26.4 Å². The Morgan fingerprint density at radius 3 is 2.62 bits per heavy atom. The van der Waals surface area contributed by atoms with Crippen LogP contribution in [0.1, 0.15) is 31.1 Å². The van der Waals surface area contributed by atoms with Crippen molar-refractivity contribution in [3.63, 3.8) is 0 Å². The molecule has 0 spiro atoms. The average Bonchev–Trinajstić information content (AvgIpc) is 3.19. The summed E-state index contributed by atoms with van der Waals surface area (Å²) < 4.78 is 44.8. The van der Waals surface area contributed by atoms with E-state index < -0.39 is 23.4 Å².